The van der Waals surface area contributed by atoms with Crippen LogP contribution in [0.1, 0.15) is 12.5 Å². The second-order valence-electron chi connectivity index (χ2n) is 2.80. The molecule has 0 aliphatic heterocycles. The van der Waals surface area contributed by atoms with Gasteiger partial charge in [0.25, 0.3) is 0 Å². The highest BCUT2D eigenvalue weighted by atomic mass is 35.5. The van der Waals surface area contributed by atoms with Gasteiger partial charge in [-0.3, -0.25) is 4.79 Å². The van der Waals surface area contributed by atoms with Crippen molar-refractivity contribution in [2.45, 2.75) is 13.3 Å². The van der Waals surface area contributed by atoms with Crippen LogP contribution in [0.4, 0.5) is 0 Å². The number of hydrogen-bond donors (Lipinski definition) is 1. The molecular weight excluding hydrogens is 204 g/mol. The van der Waals surface area contributed by atoms with E-state index in [-0.39, 0.29) is 18.1 Å². The van der Waals surface area contributed by atoms with E-state index in [9.17, 15) is 9.90 Å². The third-order valence-corrected chi connectivity index (χ3v) is 1.81. The standard InChI is InChI=1S/C10H11ClO3/c1-2-14-10(13)5-7-3-8(11)6-9(12)4-7/h3-4,6,12H,2,5H2,1H3. The molecule has 4 heteroatoms. The van der Waals surface area contributed by atoms with Crippen LogP contribution in [0.25, 0.3) is 0 Å². The van der Waals surface area contributed by atoms with Crippen LogP contribution in [0.2, 0.25) is 5.02 Å². The number of ether oxygens (including phenoxy) is 1. The molecule has 0 aliphatic carbocycles. The van der Waals surface area contributed by atoms with E-state index in [0.717, 1.165) is 0 Å². The molecule has 1 rings (SSSR count). The number of esters is 1. The number of halogens is 1. The summed E-state index contributed by atoms with van der Waals surface area (Å²) in [6, 6.07) is 4.53. The summed E-state index contributed by atoms with van der Waals surface area (Å²) in [5.74, 6) is -0.272. The van der Waals surface area contributed by atoms with E-state index < -0.39 is 0 Å². The zero-order chi connectivity index (χ0) is 10.6. The number of phenols is 1. The van der Waals surface area contributed by atoms with Crippen molar-refractivity contribution in [2.24, 2.45) is 0 Å². The van der Waals surface area contributed by atoms with Crippen LogP contribution in [0.5, 0.6) is 5.75 Å². The van der Waals surface area contributed by atoms with Crippen molar-refractivity contribution in [1.82, 2.24) is 0 Å². The molecule has 0 spiro atoms. The number of benzene rings is 1. The van der Waals surface area contributed by atoms with Crippen molar-refractivity contribution in [1.29, 1.82) is 0 Å². The van der Waals surface area contributed by atoms with Crippen LogP contribution >= 0.6 is 11.6 Å². The molecule has 1 N–H and O–H groups in total. The van der Waals surface area contributed by atoms with Gasteiger partial charge in [0.15, 0.2) is 0 Å². The molecule has 0 bridgehead atoms. The molecule has 0 fully saturated rings. The molecular formula is C10H11ClO3. The van der Waals surface area contributed by atoms with Crippen LogP contribution in [0, 0.1) is 0 Å². The summed E-state index contributed by atoms with van der Waals surface area (Å²) in [6.07, 6.45) is 0.127. The topological polar surface area (TPSA) is 46.5 Å². The molecule has 0 radical (unpaired) electrons. The Morgan fingerprint density at radius 1 is 1.50 bits per heavy atom. The van der Waals surface area contributed by atoms with Crippen molar-refractivity contribution in [3.05, 3.63) is 28.8 Å². The van der Waals surface area contributed by atoms with Crippen LogP contribution in [0.3, 0.4) is 0 Å². The Hall–Kier alpha value is -1.22. The van der Waals surface area contributed by atoms with Gasteiger partial charge in [0.05, 0.1) is 13.0 Å². The number of hydrogen-bond acceptors (Lipinski definition) is 3. The second-order valence-corrected chi connectivity index (χ2v) is 3.24. The van der Waals surface area contributed by atoms with Crippen molar-refractivity contribution in [3.63, 3.8) is 0 Å². The van der Waals surface area contributed by atoms with Crippen molar-refractivity contribution >= 4 is 17.6 Å². The predicted molar refractivity (Wildman–Crippen MR) is 53.5 cm³/mol. The van der Waals surface area contributed by atoms with Gasteiger partial charge in [0.1, 0.15) is 5.75 Å². The van der Waals surface area contributed by atoms with Crippen molar-refractivity contribution < 1.29 is 14.6 Å². The van der Waals surface area contributed by atoms with E-state index in [1.165, 1.54) is 12.1 Å². The third-order valence-electron chi connectivity index (χ3n) is 1.60. The maximum Gasteiger partial charge on any atom is 0.310 e. The van der Waals surface area contributed by atoms with Gasteiger partial charge in [0.2, 0.25) is 0 Å². The minimum Gasteiger partial charge on any atom is -0.508 e. The number of aromatic hydroxyl groups is 1. The largest absolute Gasteiger partial charge is 0.508 e. The lowest BCUT2D eigenvalue weighted by molar-refractivity contribution is -0.142. The Balaban J connectivity index is 2.71. The fourth-order valence-electron chi connectivity index (χ4n) is 1.11. The van der Waals surface area contributed by atoms with Gasteiger partial charge in [0, 0.05) is 5.02 Å². The SMILES string of the molecule is CCOC(=O)Cc1cc(O)cc(Cl)c1. The highest BCUT2D eigenvalue weighted by Gasteiger charge is 2.05. The van der Waals surface area contributed by atoms with Gasteiger partial charge in [-0.25, -0.2) is 0 Å². The Kier molecular flexibility index (Phi) is 3.77. The second kappa shape index (κ2) is 4.86. The van der Waals surface area contributed by atoms with E-state index in [2.05, 4.69) is 0 Å². The molecule has 0 aromatic heterocycles. The average molecular weight is 215 g/mol. The quantitative estimate of drug-likeness (QED) is 0.785. The molecule has 1 aromatic carbocycles. The van der Waals surface area contributed by atoms with E-state index in [0.29, 0.717) is 17.2 Å². The highest BCUT2D eigenvalue weighted by molar-refractivity contribution is 6.30. The van der Waals surface area contributed by atoms with Crippen molar-refractivity contribution in [3.8, 4) is 5.75 Å². The summed E-state index contributed by atoms with van der Waals surface area (Å²) in [5, 5.41) is 9.61. The monoisotopic (exact) mass is 214 g/mol. The van der Waals surface area contributed by atoms with Gasteiger partial charge in [-0.15, -0.1) is 0 Å². The molecule has 0 heterocycles. The zero-order valence-electron chi connectivity index (χ0n) is 7.79. The molecule has 14 heavy (non-hydrogen) atoms. The Morgan fingerprint density at radius 3 is 2.79 bits per heavy atom. The highest BCUT2D eigenvalue weighted by Crippen LogP contribution is 2.20. The van der Waals surface area contributed by atoms with Gasteiger partial charge in [-0.2, -0.15) is 0 Å². The Bertz CT molecular complexity index is 316. The first-order valence-corrected chi connectivity index (χ1v) is 4.63. The Morgan fingerprint density at radius 2 is 2.21 bits per heavy atom. The fraction of sp³-hybridized carbons (Fsp3) is 0.300. The van der Waals surface area contributed by atoms with Gasteiger partial charge in [-0.05, 0) is 30.7 Å². The lowest BCUT2D eigenvalue weighted by Crippen LogP contribution is -2.07. The summed E-state index contributed by atoms with van der Waals surface area (Å²) in [6.45, 7) is 2.10. The molecule has 0 atom stereocenters. The molecule has 0 saturated carbocycles. The third kappa shape index (κ3) is 3.26. The van der Waals surface area contributed by atoms with Gasteiger partial charge in [-0.1, -0.05) is 11.6 Å². The maximum absolute atomic E-state index is 11.1. The van der Waals surface area contributed by atoms with E-state index in [4.69, 9.17) is 16.3 Å². The molecule has 0 amide bonds. The average Bonchev–Trinajstić information content (AvgIpc) is 2.01. The first-order chi connectivity index (χ1) is 6.61. The van der Waals surface area contributed by atoms with Crippen LogP contribution < -0.4 is 0 Å². The van der Waals surface area contributed by atoms with Crippen LogP contribution in [-0.4, -0.2) is 17.7 Å². The molecule has 0 saturated heterocycles. The number of phenolic OH excluding ortho intramolecular Hbond substituents is 1. The lowest BCUT2D eigenvalue weighted by atomic mass is 10.1. The number of rotatable bonds is 3. The smallest absolute Gasteiger partial charge is 0.310 e. The first kappa shape index (κ1) is 10.9. The summed E-state index contributed by atoms with van der Waals surface area (Å²) in [7, 11) is 0. The molecule has 0 unspecified atom stereocenters. The summed E-state index contributed by atoms with van der Waals surface area (Å²) in [5.41, 5.74) is 0.647. The van der Waals surface area contributed by atoms with Gasteiger partial charge < -0.3 is 9.84 Å². The van der Waals surface area contributed by atoms with Crippen molar-refractivity contribution in [2.75, 3.05) is 6.61 Å². The molecule has 3 nitrogen and oxygen atoms in total. The fourth-order valence-corrected chi connectivity index (χ4v) is 1.37. The summed E-state index contributed by atoms with van der Waals surface area (Å²) < 4.78 is 4.76. The predicted octanol–water partition coefficient (Wildman–Crippen LogP) is 2.15. The minimum atomic E-state index is -0.325. The van der Waals surface area contributed by atoms with Crippen LogP contribution in [0.15, 0.2) is 18.2 Å². The van der Waals surface area contributed by atoms with E-state index >= 15 is 0 Å². The maximum atomic E-state index is 11.1. The number of carbonyl (C=O) groups is 1. The Labute approximate surface area is 87.3 Å². The van der Waals surface area contributed by atoms with Gasteiger partial charge >= 0.3 is 5.97 Å². The normalized spacial score (nSPS) is 9.86. The lowest BCUT2D eigenvalue weighted by Gasteiger charge is -2.03. The number of carbonyl (C=O) groups excluding carboxylic acids is 1. The van der Waals surface area contributed by atoms with E-state index in [1.807, 2.05) is 0 Å². The molecule has 0 aliphatic rings. The van der Waals surface area contributed by atoms with Crippen LogP contribution in [-0.2, 0) is 16.0 Å². The summed E-state index contributed by atoms with van der Waals surface area (Å²) >= 11 is 5.70. The molecule has 1 aromatic rings. The van der Waals surface area contributed by atoms with E-state index in [1.54, 1.807) is 13.0 Å². The minimum absolute atomic E-state index is 0.0526. The molecule has 76 valence electrons. The summed E-state index contributed by atoms with van der Waals surface area (Å²) in [4.78, 5) is 11.1. The zero-order valence-corrected chi connectivity index (χ0v) is 8.54. The first-order valence-electron chi connectivity index (χ1n) is 4.26.